The highest BCUT2D eigenvalue weighted by atomic mass is 16.5. The fourth-order valence-corrected chi connectivity index (χ4v) is 4.76. The van der Waals surface area contributed by atoms with E-state index < -0.39 is 0 Å². The van der Waals surface area contributed by atoms with Gasteiger partial charge in [0.15, 0.2) is 0 Å². The van der Waals surface area contributed by atoms with Crippen LogP contribution in [0.2, 0.25) is 0 Å². The van der Waals surface area contributed by atoms with Crippen molar-refractivity contribution in [1.29, 1.82) is 0 Å². The van der Waals surface area contributed by atoms with Gasteiger partial charge < -0.3 is 14.5 Å². The van der Waals surface area contributed by atoms with Crippen molar-refractivity contribution in [3.05, 3.63) is 30.1 Å². The van der Waals surface area contributed by atoms with Crippen molar-refractivity contribution >= 4 is 5.91 Å². The van der Waals surface area contributed by atoms with Crippen molar-refractivity contribution in [2.45, 2.75) is 32.1 Å². The van der Waals surface area contributed by atoms with Crippen molar-refractivity contribution in [1.82, 2.24) is 14.8 Å². The Morgan fingerprint density at radius 1 is 1.28 bits per heavy atom. The van der Waals surface area contributed by atoms with Crippen molar-refractivity contribution in [3.63, 3.8) is 0 Å². The van der Waals surface area contributed by atoms with E-state index in [1.165, 1.54) is 45.3 Å². The monoisotopic (exact) mass is 343 g/mol. The maximum absolute atomic E-state index is 12.8. The van der Waals surface area contributed by atoms with Gasteiger partial charge in [0.1, 0.15) is 0 Å². The van der Waals surface area contributed by atoms with Gasteiger partial charge in [-0.1, -0.05) is 0 Å². The predicted molar refractivity (Wildman–Crippen MR) is 96.4 cm³/mol. The zero-order valence-corrected chi connectivity index (χ0v) is 15.0. The maximum atomic E-state index is 12.8. The molecule has 1 aromatic rings. The van der Waals surface area contributed by atoms with E-state index in [4.69, 9.17) is 4.74 Å². The van der Waals surface area contributed by atoms with E-state index in [0.29, 0.717) is 5.41 Å². The average molecular weight is 343 g/mol. The standard InChI is InChI=1S/C20H29N3O2/c24-19(18-3-1-8-21-13-18)23-9-2-5-20(16-23)6-10-22(11-7-20)14-17-4-12-25-15-17/h1,3,8,13,17H,2,4-7,9-12,14-16H2/t17-/m0/s1. The molecule has 3 aliphatic rings. The first-order valence-corrected chi connectivity index (χ1v) is 9.74. The summed E-state index contributed by atoms with van der Waals surface area (Å²) in [6.45, 7) is 7.22. The Hall–Kier alpha value is -1.46. The van der Waals surface area contributed by atoms with Crippen molar-refractivity contribution in [2.24, 2.45) is 11.3 Å². The van der Waals surface area contributed by atoms with Gasteiger partial charge in [0.25, 0.3) is 5.91 Å². The van der Waals surface area contributed by atoms with Gasteiger partial charge in [0, 0.05) is 38.6 Å². The largest absolute Gasteiger partial charge is 0.381 e. The SMILES string of the molecule is O=C(c1cccnc1)N1CCCC2(CCN(C[C@@H]3CCOC3)CC2)C1. The van der Waals surface area contributed by atoms with Gasteiger partial charge >= 0.3 is 0 Å². The number of aromatic nitrogens is 1. The van der Waals surface area contributed by atoms with E-state index >= 15 is 0 Å². The highest BCUT2D eigenvalue weighted by molar-refractivity contribution is 5.93. The number of rotatable bonds is 3. The first-order valence-electron chi connectivity index (χ1n) is 9.74. The third-order valence-corrected chi connectivity index (χ3v) is 6.31. The quantitative estimate of drug-likeness (QED) is 0.846. The fourth-order valence-electron chi connectivity index (χ4n) is 4.76. The lowest BCUT2D eigenvalue weighted by molar-refractivity contribution is 0.0179. The van der Waals surface area contributed by atoms with E-state index in [1.54, 1.807) is 12.4 Å². The number of hydrogen-bond acceptors (Lipinski definition) is 4. The van der Waals surface area contributed by atoms with Crippen LogP contribution in [0, 0.1) is 11.3 Å². The van der Waals surface area contributed by atoms with Crippen LogP contribution >= 0.6 is 0 Å². The lowest BCUT2D eigenvalue weighted by Crippen LogP contribution is -2.51. The van der Waals surface area contributed by atoms with Crippen LogP contribution in [0.1, 0.15) is 42.5 Å². The molecule has 0 bridgehead atoms. The Kier molecular flexibility index (Phi) is 5.04. The van der Waals surface area contributed by atoms with Gasteiger partial charge in [0.05, 0.1) is 12.2 Å². The summed E-state index contributed by atoms with van der Waals surface area (Å²) in [6.07, 6.45) is 9.46. The Morgan fingerprint density at radius 2 is 2.16 bits per heavy atom. The lowest BCUT2D eigenvalue weighted by atomic mass is 9.72. The first kappa shape index (κ1) is 17.0. The first-order chi connectivity index (χ1) is 12.2. The molecule has 0 radical (unpaired) electrons. The number of ether oxygens (including phenoxy) is 1. The van der Waals surface area contributed by atoms with E-state index in [2.05, 4.69) is 14.8 Å². The highest BCUT2D eigenvalue weighted by Gasteiger charge is 2.40. The number of amides is 1. The topological polar surface area (TPSA) is 45.7 Å². The minimum atomic E-state index is 0.151. The van der Waals surface area contributed by atoms with Gasteiger partial charge in [-0.25, -0.2) is 0 Å². The molecule has 4 heterocycles. The second kappa shape index (κ2) is 7.42. The van der Waals surface area contributed by atoms with Crippen molar-refractivity contribution in [3.8, 4) is 0 Å². The van der Waals surface area contributed by atoms with Crippen LogP contribution in [0.15, 0.2) is 24.5 Å². The molecule has 3 fully saturated rings. The molecular weight excluding hydrogens is 314 g/mol. The van der Waals surface area contributed by atoms with E-state index in [9.17, 15) is 4.79 Å². The Morgan fingerprint density at radius 3 is 2.88 bits per heavy atom. The molecule has 5 heteroatoms. The number of carbonyl (C=O) groups is 1. The second-order valence-corrected chi connectivity index (χ2v) is 8.10. The summed E-state index contributed by atoms with van der Waals surface area (Å²) in [5, 5.41) is 0. The molecule has 3 aliphatic heterocycles. The maximum Gasteiger partial charge on any atom is 0.255 e. The normalized spacial score (nSPS) is 26.9. The molecule has 0 saturated carbocycles. The van der Waals surface area contributed by atoms with Crippen LogP contribution in [0.25, 0.3) is 0 Å². The Labute approximate surface area is 150 Å². The van der Waals surface area contributed by atoms with Gasteiger partial charge in [-0.15, -0.1) is 0 Å². The van der Waals surface area contributed by atoms with Crippen LogP contribution in [-0.4, -0.2) is 66.6 Å². The summed E-state index contributed by atoms with van der Waals surface area (Å²) >= 11 is 0. The zero-order chi connectivity index (χ0) is 17.1. The van der Waals surface area contributed by atoms with Crippen LogP contribution < -0.4 is 0 Å². The number of piperidine rings is 2. The summed E-state index contributed by atoms with van der Waals surface area (Å²) in [7, 11) is 0. The molecule has 25 heavy (non-hydrogen) atoms. The van der Waals surface area contributed by atoms with Crippen molar-refractivity contribution < 1.29 is 9.53 Å². The Balaban J connectivity index is 1.34. The number of likely N-dealkylation sites (tertiary alicyclic amines) is 2. The second-order valence-electron chi connectivity index (χ2n) is 8.10. The molecule has 0 aliphatic carbocycles. The highest BCUT2D eigenvalue weighted by Crippen LogP contribution is 2.40. The van der Waals surface area contributed by atoms with Gasteiger partial charge in [0.2, 0.25) is 0 Å². The summed E-state index contributed by atoms with van der Waals surface area (Å²) < 4.78 is 5.51. The molecular formula is C20H29N3O2. The Bertz CT molecular complexity index is 578. The molecule has 0 N–H and O–H groups in total. The third-order valence-electron chi connectivity index (χ3n) is 6.31. The zero-order valence-electron chi connectivity index (χ0n) is 15.0. The average Bonchev–Trinajstić information content (AvgIpc) is 3.17. The summed E-state index contributed by atoms with van der Waals surface area (Å²) in [5.41, 5.74) is 1.05. The number of carbonyl (C=O) groups excluding carboxylic acids is 1. The fraction of sp³-hybridized carbons (Fsp3) is 0.700. The smallest absolute Gasteiger partial charge is 0.255 e. The predicted octanol–water partition coefficient (Wildman–Crippen LogP) is 2.44. The van der Waals surface area contributed by atoms with E-state index in [-0.39, 0.29) is 5.91 Å². The molecule has 1 spiro atoms. The lowest BCUT2D eigenvalue weighted by Gasteiger charge is -2.48. The molecule has 1 atom stereocenters. The van der Waals surface area contributed by atoms with Crippen LogP contribution in [0.3, 0.4) is 0 Å². The van der Waals surface area contributed by atoms with E-state index in [0.717, 1.165) is 44.2 Å². The number of pyridine rings is 1. The van der Waals surface area contributed by atoms with Gasteiger partial charge in [-0.2, -0.15) is 0 Å². The van der Waals surface area contributed by atoms with Gasteiger partial charge in [-0.05, 0) is 68.7 Å². The summed E-state index contributed by atoms with van der Waals surface area (Å²) in [5.74, 6) is 0.877. The van der Waals surface area contributed by atoms with E-state index in [1.807, 2.05) is 12.1 Å². The minimum Gasteiger partial charge on any atom is -0.381 e. The number of hydrogen-bond donors (Lipinski definition) is 0. The number of nitrogens with zero attached hydrogens (tertiary/aromatic N) is 3. The summed E-state index contributed by atoms with van der Waals surface area (Å²) in [4.78, 5) is 21.6. The molecule has 1 amide bonds. The molecule has 1 aromatic heterocycles. The van der Waals surface area contributed by atoms with Crippen LogP contribution in [0.5, 0.6) is 0 Å². The summed E-state index contributed by atoms with van der Waals surface area (Å²) in [6, 6.07) is 3.72. The molecule has 0 unspecified atom stereocenters. The molecule has 4 rings (SSSR count). The molecule has 0 aromatic carbocycles. The van der Waals surface area contributed by atoms with Crippen LogP contribution in [0.4, 0.5) is 0 Å². The van der Waals surface area contributed by atoms with Crippen molar-refractivity contribution in [2.75, 3.05) is 45.9 Å². The minimum absolute atomic E-state index is 0.151. The molecule has 3 saturated heterocycles. The van der Waals surface area contributed by atoms with Crippen LogP contribution in [-0.2, 0) is 4.74 Å². The third kappa shape index (κ3) is 3.87. The molecule has 136 valence electrons. The molecule has 5 nitrogen and oxygen atoms in total. The van der Waals surface area contributed by atoms with Gasteiger partial charge in [-0.3, -0.25) is 9.78 Å².